The van der Waals surface area contributed by atoms with Gasteiger partial charge in [-0.3, -0.25) is 0 Å². The summed E-state index contributed by atoms with van der Waals surface area (Å²) in [5.74, 6) is 6.77. The number of hydrogen-bond donors (Lipinski definition) is 1. The number of ether oxygens (including phenoxy) is 1. The van der Waals surface area contributed by atoms with E-state index in [0.717, 1.165) is 16.9 Å². The summed E-state index contributed by atoms with van der Waals surface area (Å²) in [5.41, 5.74) is 1.78. The lowest BCUT2D eigenvalue weighted by atomic mass is 10.1. The van der Waals surface area contributed by atoms with Gasteiger partial charge < -0.3 is 9.84 Å². The zero-order chi connectivity index (χ0) is 13.5. The zero-order valence-corrected chi connectivity index (χ0v) is 10.8. The predicted molar refractivity (Wildman–Crippen MR) is 75.9 cm³/mol. The van der Waals surface area contributed by atoms with Crippen LogP contribution in [0.25, 0.3) is 0 Å². The van der Waals surface area contributed by atoms with E-state index in [1.165, 1.54) is 0 Å². The molecule has 2 aromatic carbocycles. The molecule has 0 bridgehead atoms. The van der Waals surface area contributed by atoms with Crippen LogP contribution in [0.2, 0.25) is 0 Å². The second kappa shape index (κ2) is 6.63. The topological polar surface area (TPSA) is 29.5 Å². The summed E-state index contributed by atoms with van der Waals surface area (Å²) in [4.78, 5) is 0. The van der Waals surface area contributed by atoms with Crippen molar-refractivity contribution in [1.82, 2.24) is 0 Å². The van der Waals surface area contributed by atoms with Crippen LogP contribution in [-0.4, -0.2) is 12.2 Å². The molecule has 0 aromatic heterocycles. The van der Waals surface area contributed by atoms with Crippen LogP contribution in [0.1, 0.15) is 23.7 Å². The van der Waals surface area contributed by atoms with Crippen molar-refractivity contribution in [3.8, 4) is 17.6 Å². The van der Waals surface area contributed by atoms with Crippen LogP contribution < -0.4 is 4.74 Å². The highest BCUT2D eigenvalue weighted by Gasteiger charge is 2.06. The Morgan fingerprint density at radius 2 is 1.89 bits per heavy atom. The molecule has 0 amide bonds. The van der Waals surface area contributed by atoms with Gasteiger partial charge in [0.1, 0.15) is 5.75 Å². The van der Waals surface area contributed by atoms with Crippen LogP contribution in [0, 0.1) is 11.8 Å². The molecule has 2 aromatic rings. The Hall–Kier alpha value is -2.24. The number of rotatable bonds is 3. The molecule has 0 fully saturated rings. The molecule has 19 heavy (non-hydrogen) atoms. The van der Waals surface area contributed by atoms with Gasteiger partial charge in [-0.25, -0.2) is 0 Å². The first-order chi connectivity index (χ1) is 9.29. The third-order valence-corrected chi connectivity index (χ3v) is 2.78. The maximum atomic E-state index is 10.1. The van der Waals surface area contributed by atoms with Crippen LogP contribution in [0.3, 0.4) is 0 Å². The molecule has 0 radical (unpaired) electrons. The average Bonchev–Trinajstić information content (AvgIpc) is 2.48. The van der Waals surface area contributed by atoms with Crippen molar-refractivity contribution >= 4 is 0 Å². The van der Waals surface area contributed by atoms with Crippen molar-refractivity contribution in [1.29, 1.82) is 0 Å². The quantitative estimate of drug-likeness (QED) is 0.850. The van der Waals surface area contributed by atoms with Gasteiger partial charge in [0.2, 0.25) is 0 Å². The highest BCUT2D eigenvalue weighted by atomic mass is 16.5. The first-order valence-corrected chi connectivity index (χ1v) is 6.15. The minimum atomic E-state index is -0.591. The van der Waals surface area contributed by atoms with Crippen molar-refractivity contribution in [2.24, 2.45) is 0 Å². The summed E-state index contributed by atoms with van der Waals surface area (Å²) in [5, 5.41) is 10.1. The molecule has 0 aliphatic rings. The van der Waals surface area contributed by atoms with Crippen molar-refractivity contribution in [3.63, 3.8) is 0 Å². The van der Waals surface area contributed by atoms with Gasteiger partial charge in [-0.05, 0) is 29.8 Å². The molecule has 0 saturated carbocycles. The smallest absolute Gasteiger partial charge is 0.119 e. The van der Waals surface area contributed by atoms with Gasteiger partial charge in [0, 0.05) is 12.0 Å². The highest BCUT2D eigenvalue weighted by Crippen LogP contribution is 2.20. The van der Waals surface area contributed by atoms with Crippen LogP contribution in [0.4, 0.5) is 0 Å². The zero-order valence-electron chi connectivity index (χ0n) is 10.8. The van der Waals surface area contributed by atoms with E-state index < -0.39 is 6.10 Å². The summed E-state index contributed by atoms with van der Waals surface area (Å²) < 4.78 is 5.13. The monoisotopic (exact) mass is 252 g/mol. The van der Waals surface area contributed by atoms with Gasteiger partial charge in [-0.1, -0.05) is 42.2 Å². The molecular weight excluding hydrogens is 236 g/mol. The fraction of sp³-hybridized carbons (Fsp3) is 0.176. The number of benzene rings is 2. The van der Waals surface area contributed by atoms with Crippen LogP contribution in [0.15, 0.2) is 54.6 Å². The van der Waals surface area contributed by atoms with E-state index in [4.69, 9.17) is 4.74 Å². The third kappa shape index (κ3) is 3.87. The Kier molecular flexibility index (Phi) is 4.60. The largest absolute Gasteiger partial charge is 0.497 e. The fourth-order valence-corrected chi connectivity index (χ4v) is 1.74. The molecule has 1 atom stereocenters. The first kappa shape index (κ1) is 13.2. The predicted octanol–water partition coefficient (Wildman–Crippen LogP) is 3.17. The maximum Gasteiger partial charge on any atom is 0.119 e. The summed E-state index contributed by atoms with van der Waals surface area (Å²) >= 11 is 0. The van der Waals surface area contributed by atoms with E-state index in [1.807, 2.05) is 54.6 Å². The molecule has 96 valence electrons. The van der Waals surface area contributed by atoms with E-state index in [1.54, 1.807) is 7.11 Å². The van der Waals surface area contributed by atoms with Gasteiger partial charge in [-0.15, -0.1) is 0 Å². The summed E-state index contributed by atoms with van der Waals surface area (Å²) in [7, 11) is 1.61. The Balaban J connectivity index is 2.01. The summed E-state index contributed by atoms with van der Waals surface area (Å²) in [6.07, 6.45) is -0.187. The van der Waals surface area contributed by atoms with Gasteiger partial charge >= 0.3 is 0 Å². The lowest BCUT2D eigenvalue weighted by molar-refractivity contribution is 0.183. The maximum absolute atomic E-state index is 10.1. The first-order valence-electron chi connectivity index (χ1n) is 6.15. The van der Waals surface area contributed by atoms with Crippen molar-refractivity contribution in [3.05, 3.63) is 65.7 Å². The normalized spacial score (nSPS) is 11.3. The second-order valence-electron chi connectivity index (χ2n) is 4.16. The number of hydrogen-bond acceptors (Lipinski definition) is 2. The molecule has 0 aliphatic carbocycles. The van der Waals surface area contributed by atoms with E-state index in [9.17, 15) is 5.11 Å². The van der Waals surface area contributed by atoms with Crippen LogP contribution >= 0.6 is 0 Å². The SMILES string of the molecule is COc1cccc(C(O)CC#Cc2ccccc2)c1. The van der Waals surface area contributed by atoms with Crippen molar-refractivity contribution in [2.45, 2.75) is 12.5 Å². The van der Waals surface area contributed by atoms with E-state index in [0.29, 0.717) is 6.42 Å². The van der Waals surface area contributed by atoms with Gasteiger partial charge in [0.05, 0.1) is 13.2 Å². The molecule has 0 saturated heterocycles. The molecule has 2 nitrogen and oxygen atoms in total. The Labute approximate surface area is 113 Å². The molecule has 0 aliphatic heterocycles. The minimum absolute atomic E-state index is 0.405. The summed E-state index contributed by atoms with van der Waals surface area (Å²) in [6.45, 7) is 0. The number of aliphatic hydroxyl groups is 1. The number of methoxy groups -OCH3 is 1. The lowest BCUT2D eigenvalue weighted by Gasteiger charge is -2.08. The second-order valence-corrected chi connectivity index (χ2v) is 4.16. The van der Waals surface area contributed by atoms with Crippen LogP contribution in [-0.2, 0) is 0 Å². The molecule has 1 unspecified atom stereocenters. The Morgan fingerprint density at radius 1 is 1.11 bits per heavy atom. The van der Waals surface area contributed by atoms with E-state index in [-0.39, 0.29) is 0 Å². The Morgan fingerprint density at radius 3 is 2.63 bits per heavy atom. The van der Waals surface area contributed by atoms with Crippen molar-refractivity contribution in [2.75, 3.05) is 7.11 Å². The number of aliphatic hydroxyl groups excluding tert-OH is 1. The average molecular weight is 252 g/mol. The Bertz CT molecular complexity index is 579. The van der Waals surface area contributed by atoms with Gasteiger partial charge in [-0.2, -0.15) is 0 Å². The third-order valence-electron chi connectivity index (χ3n) is 2.78. The minimum Gasteiger partial charge on any atom is -0.497 e. The fourth-order valence-electron chi connectivity index (χ4n) is 1.74. The molecular formula is C17H16O2. The molecule has 2 rings (SSSR count). The molecule has 1 N–H and O–H groups in total. The molecule has 2 heteroatoms. The molecule has 0 spiro atoms. The van der Waals surface area contributed by atoms with Gasteiger partial charge in [0.15, 0.2) is 0 Å². The standard InChI is InChI=1S/C17H16O2/c1-19-16-11-6-10-15(13-16)17(18)12-5-9-14-7-3-2-4-8-14/h2-4,6-8,10-11,13,17-18H,12H2,1H3. The van der Waals surface area contributed by atoms with Crippen LogP contribution in [0.5, 0.6) is 5.75 Å². The summed E-state index contributed by atoms with van der Waals surface area (Å²) in [6, 6.07) is 17.2. The highest BCUT2D eigenvalue weighted by molar-refractivity contribution is 5.35. The van der Waals surface area contributed by atoms with E-state index >= 15 is 0 Å². The van der Waals surface area contributed by atoms with Crippen molar-refractivity contribution < 1.29 is 9.84 Å². The van der Waals surface area contributed by atoms with E-state index in [2.05, 4.69) is 11.8 Å². The molecule has 0 heterocycles. The lowest BCUT2D eigenvalue weighted by Crippen LogP contribution is -1.96. The van der Waals surface area contributed by atoms with Gasteiger partial charge in [0.25, 0.3) is 0 Å².